The molecule has 0 unspecified atom stereocenters. The fourth-order valence-electron chi connectivity index (χ4n) is 3.16. The van der Waals surface area contributed by atoms with Gasteiger partial charge in [0.1, 0.15) is 0 Å². The van der Waals surface area contributed by atoms with Gasteiger partial charge in [0.25, 0.3) is 0 Å². The van der Waals surface area contributed by atoms with Gasteiger partial charge in [0.15, 0.2) is 0 Å². The van der Waals surface area contributed by atoms with Gasteiger partial charge < -0.3 is 0 Å². The molecule has 150 valence electrons. The highest BCUT2D eigenvalue weighted by Gasteiger charge is 2.06. The van der Waals surface area contributed by atoms with E-state index in [2.05, 4.69) is 99.0 Å². The monoisotopic (exact) mass is 390 g/mol. The summed E-state index contributed by atoms with van der Waals surface area (Å²) >= 11 is 0. The van der Waals surface area contributed by atoms with E-state index in [1.165, 1.54) is 67.2 Å². The van der Waals surface area contributed by atoms with Crippen LogP contribution in [0.25, 0.3) is 18.2 Å². The highest BCUT2D eigenvalue weighted by Crippen LogP contribution is 2.15. The van der Waals surface area contributed by atoms with Gasteiger partial charge in [-0.2, -0.15) is 0 Å². The summed E-state index contributed by atoms with van der Waals surface area (Å²) in [5.74, 6) is 0. The Balaban J connectivity index is 1.81. The average Bonchev–Trinajstić information content (AvgIpc) is 2.68. The number of hydrogen-bond donors (Lipinski definition) is 0. The molecule has 2 aromatic rings. The first kappa shape index (κ1) is 22.4. The van der Waals surface area contributed by atoms with Crippen LogP contribution in [0.1, 0.15) is 67.7 Å². The standard InChI is InChI=1S/C27H38Si/c1-5-6-7-8-9-10-11-24-12-14-25(15-13-24)16-17-26-18-20-27(21-19-26)22-23-28(2,3)4/h12-23H,5-11H2,1-4H3/b17-16+,23-22+. The van der Waals surface area contributed by atoms with E-state index in [1.807, 2.05) is 0 Å². The molecular formula is C27H38Si. The zero-order valence-corrected chi connectivity index (χ0v) is 19.4. The zero-order chi connectivity index (χ0) is 20.2. The fraction of sp³-hybridized carbons (Fsp3) is 0.407. The molecular weight excluding hydrogens is 352 g/mol. The summed E-state index contributed by atoms with van der Waals surface area (Å²) < 4.78 is 0. The second-order valence-corrected chi connectivity index (χ2v) is 14.0. The predicted octanol–water partition coefficient (Wildman–Crippen LogP) is 8.65. The molecule has 2 aromatic carbocycles. The van der Waals surface area contributed by atoms with E-state index in [1.54, 1.807) is 0 Å². The molecule has 1 heteroatoms. The van der Waals surface area contributed by atoms with Crippen molar-refractivity contribution in [3.8, 4) is 0 Å². The number of hydrogen-bond acceptors (Lipinski definition) is 0. The topological polar surface area (TPSA) is 0 Å². The van der Waals surface area contributed by atoms with Gasteiger partial charge in [0, 0.05) is 0 Å². The molecule has 0 atom stereocenters. The van der Waals surface area contributed by atoms with Gasteiger partial charge in [-0.1, -0.05) is 131 Å². The number of unbranched alkanes of at least 4 members (excludes halogenated alkanes) is 5. The minimum absolute atomic E-state index is 1.13. The van der Waals surface area contributed by atoms with E-state index >= 15 is 0 Å². The van der Waals surface area contributed by atoms with Crippen molar-refractivity contribution in [3.05, 3.63) is 76.5 Å². The van der Waals surface area contributed by atoms with Crippen molar-refractivity contribution in [3.63, 3.8) is 0 Å². The lowest BCUT2D eigenvalue weighted by Gasteiger charge is -2.08. The Morgan fingerprint density at radius 1 is 0.607 bits per heavy atom. The third kappa shape index (κ3) is 9.37. The van der Waals surface area contributed by atoms with E-state index in [0.29, 0.717) is 0 Å². The molecule has 2 rings (SSSR count). The lowest BCUT2D eigenvalue weighted by atomic mass is 10.0. The smallest absolute Gasteiger partial charge is 0.0687 e. The number of benzene rings is 2. The molecule has 0 aliphatic carbocycles. The van der Waals surface area contributed by atoms with Gasteiger partial charge >= 0.3 is 0 Å². The van der Waals surface area contributed by atoms with E-state index in [0.717, 1.165) is 0 Å². The Morgan fingerprint density at radius 2 is 1.07 bits per heavy atom. The van der Waals surface area contributed by atoms with Crippen molar-refractivity contribution in [1.82, 2.24) is 0 Å². The Kier molecular flexibility index (Phi) is 9.50. The molecule has 28 heavy (non-hydrogen) atoms. The van der Waals surface area contributed by atoms with E-state index in [9.17, 15) is 0 Å². The summed E-state index contributed by atoms with van der Waals surface area (Å²) in [6.45, 7) is 9.36. The molecule has 0 radical (unpaired) electrons. The Morgan fingerprint density at radius 3 is 1.61 bits per heavy atom. The second kappa shape index (κ2) is 11.9. The van der Waals surface area contributed by atoms with Gasteiger partial charge in [-0.15, -0.1) is 0 Å². The van der Waals surface area contributed by atoms with Crippen LogP contribution in [0.4, 0.5) is 0 Å². The van der Waals surface area contributed by atoms with Gasteiger partial charge in [0.05, 0.1) is 8.07 Å². The molecule has 0 N–H and O–H groups in total. The summed E-state index contributed by atoms with van der Waals surface area (Å²) in [6, 6.07) is 17.9. The molecule has 0 spiro atoms. The Hall–Kier alpha value is -1.86. The van der Waals surface area contributed by atoms with E-state index in [4.69, 9.17) is 0 Å². The van der Waals surface area contributed by atoms with Crippen molar-refractivity contribution < 1.29 is 0 Å². The minimum Gasteiger partial charge on any atom is -0.0944 e. The first-order valence-corrected chi connectivity index (χ1v) is 14.6. The summed E-state index contributed by atoms with van der Waals surface area (Å²) in [5, 5.41) is 0. The van der Waals surface area contributed by atoms with Crippen LogP contribution in [0.15, 0.2) is 54.2 Å². The van der Waals surface area contributed by atoms with E-state index < -0.39 is 8.07 Å². The fourth-order valence-corrected chi connectivity index (χ4v) is 3.85. The molecule has 0 aliphatic heterocycles. The van der Waals surface area contributed by atoms with Crippen LogP contribution < -0.4 is 0 Å². The van der Waals surface area contributed by atoms with Gasteiger partial charge in [-0.05, 0) is 35.1 Å². The van der Waals surface area contributed by atoms with Crippen LogP contribution >= 0.6 is 0 Å². The van der Waals surface area contributed by atoms with Crippen LogP contribution in [-0.4, -0.2) is 8.07 Å². The van der Waals surface area contributed by atoms with E-state index in [-0.39, 0.29) is 0 Å². The lowest BCUT2D eigenvalue weighted by molar-refractivity contribution is 0.607. The van der Waals surface area contributed by atoms with Gasteiger partial charge in [-0.3, -0.25) is 0 Å². The quantitative estimate of drug-likeness (QED) is 0.204. The van der Waals surface area contributed by atoms with Crippen molar-refractivity contribution in [2.75, 3.05) is 0 Å². The van der Waals surface area contributed by atoms with Crippen LogP contribution in [0, 0.1) is 0 Å². The first-order valence-electron chi connectivity index (χ1n) is 11.0. The highest BCUT2D eigenvalue weighted by molar-refractivity contribution is 6.81. The maximum atomic E-state index is 2.39. The zero-order valence-electron chi connectivity index (χ0n) is 18.4. The van der Waals surface area contributed by atoms with Crippen LogP contribution in [0.2, 0.25) is 19.6 Å². The lowest BCUT2D eigenvalue weighted by Crippen LogP contribution is -2.15. The predicted molar refractivity (Wildman–Crippen MR) is 131 cm³/mol. The maximum absolute atomic E-state index is 2.39. The summed E-state index contributed by atoms with van der Waals surface area (Å²) in [4.78, 5) is 0. The van der Waals surface area contributed by atoms with Crippen LogP contribution in [-0.2, 0) is 6.42 Å². The summed E-state index contributed by atoms with van der Waals surface area (Å²) in [7, 11) is -1.13. The normalized spacial score (nSPS) is 12.3. The maximum Gasteiger partial charge on any atom is 0.0687 e. The molecule has 0 saturated heterocycles. The van der Waals surface area contributed by atoms with Crippen molar-refractivity contribution in [2.45, 2.75) is 71.5 Å². The molecule has 0 bridgehead atoms. The second-order valence-electron chi connectivity index (χ2n) is 8.96. The van der Waals surface area contributed by atoms with Gasteiger partial charge in [0.2, 0.25) is 0 Å². The summed E-state index contributed by atoms with van der Waals surface area (Å²) in [5.41, 5.74) is 7.67. The summed E-state index contributed by atoms with van der Waals surface area (Å²) in [6.07, 6.45) is 16.1. The molecule has 0 heterocycles. The molecule has 0 fully saturated rings. The SMILES string of the molecule is CCCCCCCCc1ccc(/C=C/c2ccc(/C=C/[Si](C)(C)C)cc2)cc1. The van der Waals surface area contributed by atoms with Crippen molar-refractivity contribution >= 4 is 26.3 Å². The molecule has 0 amide bonds. The van der Waals surface area contributed by atoms with Crippen molar-refractivity contribution in [2.24, 2.45) is 0 Å². The third-order valence-corrected chi connectivity index (χ3v) is 6.15. The molecule has 0 aromatic heterocycles. The van der Waals surface area contributed by atoms with Crippen molar-refractivity contribution in [1.29, 1.82) is 0 Å². The Bertz CT molecular complexity index is 727. The average molecular weight is 391 g/mol. The Labute approximate surface area is 174 Å². The van der Waals surface area contributed by atoms with Crippen LogP contribution in [0.3, 0.4) is 0 Å². The molecule has 0 saturated carbocycles. The largest absolute Gasteiger partial charge is 0.0944 e. The number of aryl methyl sites for hydroxylation is 1. The molecule has 0 aliphatic rings. The minimum atomic E-state index is -1.13. The van der Waals surface area contributed by atoms with Crippen LogP contribution in [0.5, 0.6) is 0 Å². The third-order valence-electron chi connectivity index (χ3n) is 4.98. The first-order chi connectivity index (χ1) is 13.5. The number of rotatable bonds is 11. The van der Waals surface area contributed by atoms with Gasteiger partial charge in [-0.25, -0.2) is 0 Å². The molecule has 0 nitrogen and oxygen atoms in total. The highest BCUT2D eigenvalue weighted by atomic mass is 28.3.